The smallest absolute Gasteiger partial charge is 0.229 e. The number of aromatic nitrogens is 3. The molecule has 0 saturated heterocycles. The predicted molar refractivity (Wildman–Crippen MR) is 105 cm³/mol. The first kappa shape index (κ1) is 19.1. The Morgan fingerprint density at radius 2 is 2.15 bits per heavy atom. The standard InChI is InChI=1S/C20H25FN6/c1-2-10-23-19-15(7-6-14-4-3-5-16(22)11-14)12-25-20(27-19)26-17-8-9-18(21)24-13-17/h8-9,12-14,16H,2-5,10-11,22H2,1H3,(H2,23,25,26,27)/t14-,16-/m0/s1. The number of hydrogen-bond donors (Lipinski definition) is 3. The van der Waals surface area contributed by atoms with E-state index in [0.29, 0.717) is 23.4 Å². The van der Waals surface area contributed by atoms with Crippen molar-refractivity contribution in [2.75, 3.05) is 17.2 Å². The Labute approximate surface area is 159 Å². The lowest BCUT2D eigenvalue weighted by molar-refractivity contribution is 0.381. The molecule has 1 aliphatic rings. The Balaban J connectivity index is 1.78. The molecule has 0 amide bonds. The molecule has 2 aromatic heterocycles. The van der Waals surface area contributed by atoms with Gasteiger partial charge in [-0.25, -0.2) is 9.97 Å². The van der Waals surface area contributed by atoms with E-state index in [4.69, 9.17) is 5.73 Å². The summed E-state index contributed by atoms with van der Waals surface area (Å²) in [6.07, 6.45) is 8.34. The Hall–Kier alpha value is -2.72. The molecule has 2 atom stereocenters. The third kappa shape index (κ3) is 5.63. The van der Waals surface area contributed by atoms with Crippen LogP contribution in [0.25, 0.3) is 0 Å². The van der Waals surface area contributed by atoms with Crippen LogP contribution in [-0.4, -0.2) is 27.5 Å². The molecule has 0 bridgehead atoms. The minimum absolute atomic E-state index is 0.253. The lowest BCUT2D eigenvalue weighted by Crippen LogP contribution is -2.27. The number of nitrogens with zero attached hydrogens (tertiary/aromatic N) is 3. The number of anilines is 3. The summed E-state index contributed by atoms with van der Waals surface area (Å²) in [7, 11) is 0. The van der Waals surface area contributed by atoms with Gasteiger partial charge in [-0.05, 0) is 37.8 Å². The predicted octanol–water partition coefficient (Wildman–Crippen LogP) is 3.45. The van der Waals surface area contributed by atoms with Gasteiger partial charge in [0.05, 0.1) is 23.6 Å². The van der Waals surface area contributed by atoms with Crippen LogP contribution < -0.4 is 16.4 Å². The van der Waals surface area contributed by atoms with Crippen molar-refractivity contribution in [2.24, 2.45) is 11.7 Å². The SMILES string of the molecule is CCCNc1nc(Nc2ccc(F)nc2)ncc1C#C[C@@H]1CCC[C@H](N)C1. The van der Waals surface area contributed by atoms with E-state index in [1.54, 1.807) is 12.3 Å². The summed E-state index contributed by atoms with van der Waals surface area (Å²) in [5, 5.41) is 6.33. The Bertz CT molecular complexity index is 811. The summed E-state index contributed by atoms with van der Waals surface area (Å²) in [4.78, 5) is 12.5. The number of hydrogen-bond acceptors (Lipinski definition) is 6. The van der Waals surface area contributed by atoms with Gasteiger partial charge in [0.25, 0.3) is 0 Å². The van der Waals surface area contributed by atoms with Gasteiger partial charge in [-0.2, -0.15) is 9.37 Å². The van der Waals surface area contributed by atoms with Crippen molar-refractivity contribution in [1.82, 2.24) is 15.0 Å². The molecule has 0 spiro atoms. The Morgan fingerprint density at radius 1 is 1.26 bits per heavy atom. The molecule has 1 aliphatic carbocycles. The third-order valence-corrected chi connectivity index (χ3v) is 4.44. The number of pyridine rings is 1. The van der Waals surface area contributed by atoms with Crippen molar-refractivity contribution < 1.29 is 4.39 Å². The number of nitrogens with two attached hydrogens (primary N) is 1. The van der Waals surface area contributed by atoms with Crippen molar-refractivity contribution in [3.63, 3.8) is 0 Å². The normalized spacial score (nSPS) is 19.1. The number of nitrogens with one attached hydrogen (secondary N) is 2. The molecular formula is C20H25FN6. The van der Waals surface area contributed by atoms with Crippen LogP contribution >= 0.6 is 0 Å². The monoisotopic (exact) mass is 368 g/mol. The summed E-state index contributed by atoms with van der Waals surface area (Å²) in [5.41, 5.74) is 7.44. The first-order valence-corrected chi connectivity index (χ1v) is 9.40. The molecule has 2 heterocycles. The average Bonchev–Trinajstić information content (AvgIpc) is 2.67. The van der Waals surface area contributed by atoms with E-state index in [1.807, 2.05) is 0 Å². The quantitative estimate of drug-likeness (QED) is 0.553. The van der Waals surface area contributed by atoms with E-state index >= 15 is 0 Å². The molecule has 4 N–H and O–H groups in total. The third-order valence-electron chi connectivity index (χ3n) is 4.44. The molecule has 1 fully saturated rings. The summed E-state index contributed by atoms with van der Waals surface area (Å²) < 4.78 is 12.9. The van der Waals surface area contributed by atoms with Crippen LogP contribution in [0.15, 0.2) is 24.5 Å². The van der Waals surface area contributed by atoms with Gasteiger partial charge in [0.15, 0.2) is 0 Å². The first-order valence-electron chi connectivity index (χ1n) is 9.40. The molecule has 3 rings (SSSR count). The van der Waals surface area contributed by atoms with Gasteiger partial charge in [0, 0.05) is 18.5 Å². The topological polar surface area (TPSA) is 88.8 Å². The fraction of sp³-hybridized carbons (Fsp3) is 0.450. The molecule has 0 radical (unpaired) electrons. The van der Waals surface area contributed by atoms with E-state index in [0.717, 1.165) is 44.2 Å². The highest BCUT2D eigenvalue weighted by molar-refractivity contribution is 5.59. The van der Waals surface area contributed by atoms with Gasteiger partial charge < -0.3 is 16.4 Å². The van der Waals surface area contributed by atoms with Crippen LogP contribution in [0.3, 0.4) is 0 Å². The lowest BCUT2D eigenvalue weighted by Gasteiger charge is -2.22. The summed E-state index contributed by atoms with van der Waals surface area (Å²) in [6.45, 7) is 2.88. The van der Waals surface area contributed by atoms with Crippen LogP contribution in [-0.2, 0) is 0 Å². The lowest BCUT2D eigenvalue weighted by atomic mass is 9.86. The summed E-state index contributed by atoms with van der Waals surface area (Å²) in [5.74, 6) is 7.47. The van der Waals surface area contributed by atoms with Crippen LogP contribution in [0.4, 0.5) is 21.8 Å². The Morgan fingerprint density at radius 3 is 2.89 bits per heavy atom. The van der Waals surface area contributed by atoms with Gasteiger partial charge in [0.1, 0.15) is 5.82 Å². The maximum Gasteiger partial charge on any atom is 0.229 e. The van der Waals surface area contributed by atoms with Gasteiger partial charge in [-0.3, -0.25) is 0 Å². The minimum atomic E-state index is -0.528. The zero-order valence-corrected chi connectivity index (χ0v) is 15.5. The molecule has 0 unspecified atom stereocenters. The molecule has 7 heteroatoms. The van der Waals surface area contributed by atoms with Gasteiger partial charge in [0.2, 0.25) is 11.9 Å². The highest BCUT2D eigenvalue weighted by Crippen LogP contribution is 2.23. The highest BCUT2D eigenvalue weighted by Gasteiger charge is 2.17. The van der Waals surface area contributed by atoms with Crippen molar-refractivity contribution >= 4 is 17.5 Å². The molecular weight excluding hydrogens is 343 g/mol. The van der Waals surface area contributed by atoms with Crippen molar-refractivity contribution in [1.29, 1.82) is 0 Å². The van der Waals surface area contributed by atoms with Crippen LogP contribution in [0.1, 0.15) is 44.6 Å². The molecule has 0 aliphatic heterocycles. The van der Waals surface area contributed by atoms with Gasteiger partial charge >= 0.3 is 0 Å². The second kappa shape index (κ2) is 9.28. The fourth-order valence-electron chi connectivity index (χ4n) is 3.03. The van der Waals surface area contributed by atoms with E-state index in [1.165, 1.54) is 12.3 Å². The van der Waals surface area contributed by atoms with Crippen molar-refractivity contribution in [3.8, 4) is 11.8 Å². The molecule has 1 saturated carbocycles. The molecule has 0 aromatic carbocycles. The van der Waals surface area contributed by atoms with E-state index in [-0.39, 0.29) is 6.04 Å². The summed E-state index contributed by atoms with van der Waals surface area (Å²) >= 11 is 0. The van der Waals surface area contributed by atoms with Gasteiger partial charge in [-0.15, -0.1) is 0 Å². The number of rotatable bonds is 5. The number of halogens is 1. The molecule has 27 heavy (non-hydrogen) atoms. The van der Waals surface area contributed by atoms with E-state index in [2.05, 4.69) is 44.4 Å². The van der Waals surface area contributed by atoms with Gasteiger partial charge in [-0.1, -0.05) is 25.2 Å². The maximum absolute atomic E-state index is 12.9. The highest BCUT2D eigenvalue weighted by atomic mass is 19.1. The first-order chi connectivity index (χ1) is 13.1. The largest absolute Gasteiger partial charge is 0.369 e. The van der Waals surface area contributed by atoms with E-state index < -0.39 is 5.95 Å². The second-order valence-electron chi connectivity index (χ2n) is 6.77. The zero-order chi connectivity index (χ0) is 19.1. The van der Waals surface area contributed by atoms with Crippen LogP contribution in [0.2, 0.25) is 0 Å². The maximum atomic E-state index is 12.9. The second-order valence-corrected chi connectivity index (χ2v) is 6.77. The molecule has 2 aromatic rings. The fourth-order valence-corrected chi connectivity index (χ4v) is 3.03. The summed E-state index contributed by atoms with van der Waals surface area (Å²) in [6, 6.07) is 3.13. The van der Waals surface area contributed by atoms with Crippen LogP contribution in [0.5, 0.6) is 0 Å². The van der Waals surface area contributed by atoms with Crippen molar-refractivity contribution in [2.45, 2.75) is 45.1 Å². The minimum Gasteiger partial charge on any atom is -0.369 e. The molecule has 142 valence electrons. The zero-order valence-electron chi connectivity index (χ0n) is 15.5. The average molecular weight is 368 g/mol. The van der Waals surface area contributed by atoms with Crippen molar-refractivity contribution in [3.05, 3.63) is 36.0 Å². The van der Waals surface area contributed by atoms with Crippen LogP contribution in [0, 0.1) is 23.7 Å². The molecule has 6 nitrogen and oxygen atoms in total. The van der Waals surface area contributed by atoms with E-state index in [9.17, 15) is 4.39 Å². The Kier molecular flexibility index (Phi) is 6.55.